The van der Waals surface area contributed by atoms with E-state index in [9.17, 15) is 18.0 Å². The molecule has 0 bridgehead atoms. The van der Waals surface area contributed by atoms with Crippen LogP contribution < -0.4 is 0 Å². The number of carbonyl (C=O) groups excluding carboxylic acids is 1. The maximum Gasteiger partial charge on any atom is 0.371 e. The van der Waals surface area contributed by atoms with E-state index in [4.69, 9.17) is 9.52 Å². The van der Waals surface area contributed by atoms with Crippen molar-refractivity contribution in [2.24, 2.45) is 0 Å². The van der Waals surface area contributed by atoms with Crippen LogP contribution in [0.5, 0.6) is 0 Å². The van der Waals surface area contributed by atoms with E-state index >= 15 is 0 Å². The van der Waals surface area contributed by atoms with E-state index in [1.165, 1.54) is 25.6 Å². The predicted molar refractivity (Wildman–Crippen MR) is 96.7 cm³/mol. The minimum Gasteiger partial charge on any atom is -0.475 e. The number of rotatable bonds is 5. The Labute approximate surface area is 158 Å². The molecule has 1 aromatic rings. The lowest BCUT2D eigenvalue weighted by Gasteiger charge is -2.38. The van der Waals surface area contributed by atoms with Gasteiger partial charge >= 0.3 is 5.97 Å². The standard InChI is InChI=1S/C17H25N3O6S/c1-18(13-5-3-2-4-6-13)27(24,25)20-11-9-19(10-12-20)16(21)14-7-8-15(26-14)17(22)23/h7-8,13H,2-6,9-12H2,1H3,(H,22,23). The minimum absolute atomic E-state index is 0.0426. The third-order valence-corrected chi connectivity index (χ3v) is 7.38. The number of nitrogens with zero attached hydrogens (tertiary/aromatic N) is 3. The van der Waals surface area contributed by atoms with Crippen LogP contribution in [0.4, 0.5) is 0 Å². The topological polar surface area (TPSA) is 111 Å². The highest BCUT2D eigenvalue weighted by Crippen LogP contribution is 2.25. The Hall–Kier alpha value is -1.91. The second-order valence-corrected chi connectivity index (χ2v) is 8.96. The lowest BCUT2D eigenvalue weighted by Crippen LogP contribution is -2.55. The summed E-state index contributed by atoms with van der Waals surface area (Å²) in [6.45, 7) is 0.884. The molecule has 0 unspecified atom stereocenters. The molecular formula is C17H25N3O6S. The minimum atomic E-state index is -3.56. The van der Waals surface area contributed by atoms with E-state index in [0.29, 0.717) is 0 Å². The molecule has 2 aliphatic rings. The molecule has 10 heteroatoms. The van der Waals surface area contributed by atoms with Gasteiger partial charge in [-0.25, -0.2) is 4.79 Å². The van der Waals surface area contributed by atoms with E-state index in [-0.39, 0.29) is 43.7 Å². The van der Waals surface area contributed by atoms with Crippen molar-refractivity contribution in [2.75, 3.05) is 33.2 Å². The van der Waals surface area contributed by atoms with Gasteiger partial charge in [-0.15, -0.1) is 0 Å². The summed E-state index contributed by atoms with van der Waals surface area (Å²) in [5, 5.41) is 8.88. The first-order valence-corrected chi connectivity index (χ1v) is 10.6. The van der Waals surface area contributed by atoms with Crippen LogP contribution in [0.1, 0.15) is 53.2 Å². The summed E-state index contributed by atoms with van der Waals surface area (Å²) in [5.41, 5.74) is 0. The van der Waals surface area contributed by atoms with Gasteiger partial charge in [-0.3, -0.25) is 4.79 Å². The van der Waals surface area contributed by atoms with Gasteiger partial charge in [0.05, 0.1) is 0 Å². The Bertz CT molecular complexity index is 791. The lowest BCUT2D eigenvalue weighted by molar-refractivity contribution is 0.0630. The van der Waals surface area contributed by atoms with E-state index in [1.54, 1.807) is 7.05 Å². The number of carboxylic acid groups (broad SMARTS) is 1. The molecule has 0 atom stereocenters. The maximum atomic E-state index is 12.9. The summed E-state index contributed by atoms with van der Waals surface area (Å²) in [6.07, 6.45) is 5.03. The molecule has 0 spiro atoms. The fourth-order valence-corrected chi connectivity index (χ4v) is 5.24. The quantitative estimate of drug-likeness (QED) is 0.797. The molecular weight excluding hydrogens is 374 g/mol. The third kappa shape index (κ3) is 4.17. The van der Waals surface area contributed by atoms with Crippen LogP contribution in [-0.4, -0.2) is 78.2 Å². The monoisotopic (exact) mass is 399 g/mol. The summed E-state index contributed by atoms with van der Waals surface area (Å²) < 4.78 is 33.7. The van der Waals surface area contributed by atoms with Gasteiger partial charge in [0.25, 0.3) is 16.1 Å². The molecule has 1 N–H and O–H groups in total. The van der Waals surface area contributed by atoms with E-state index in [0.717, 1.165) is 32.1 Å². The van der Waals surface area contributed by atoms with E-state index in [2.05, 4.69) is 0 Å². The lowest BCUT2D eigenvalue weighted by atomic mass is 9.96. The Morgan fingerprint density at radius 1 is 1.07 bits per heavy atom. The summed E-state index contributed by atoms with van der Waals surface area (Å²) in [6, 6.07) is 2.60. The number of piperazine rings is 1. The average molecular weight is 399 g/mol. The van der Waals surface area contributed by atoms with Crippen LogP contribution in [0.25, 0.3) is 0 Å². The van der Waals surface area contributed by atoms with Gasteiger partial charge in [-0.1, -0.05) is 19.3 Å². The number of hydrogen-bond donors (Lipinski definition) is 1. The van der Waals surface area contributed by atoms with Crippen molar-refractivity contribution < 1.29 is 27.5 Å². The van der Waals surface area contributed by atoms with Gasteiger partial charge in [0.15, 0.2) is 5.76 Å². The zero-order valence-corrected chi connectivity index (χ0v) is 16.2. The normalized spacial score (nSPS) is 20.1. The third-order valence-electron chi connectivity index (χ3n) is 5.33. The number of aromatic carboxylic acids is 1. The average Bonchev–Trinajstić information content (AvgIpc) is 3.18. The highest BCUT2D eigenvalue weighted by Gasteiger charge is 2.35. The second-order valence-electron chi connectivity index (χ2n) is 6.98. The second kappa shape index (κ2) is 7.99. The van der Waals surface area contributed by atoms with Gasteiger partial charge in [0.2, 0.25) is 5.76 Å². The van der Waals surface area contributed by atoms with Gasteiger partial charge in [0, 0.05) is 39.3 Å². The highest BCUT2D eigenvalue weighted by molar-refractivity contribution is 7.86. The highest BCUT2D eigenvalue weighted by atomic mass is 32.2. The fourth-order valence-electron chi connectivity index (χ4n) is 3.66. The molecule has 1 amide bonds. The molecule has 1 saturated heterocycles. The molecule has 0 aromatic carbocycles. The maximum absolute atomic E-state index is 12.9. The molecule has 2 fully saturated rings. The van der Waals surface area contributed by atoms with Crippen molar-refractivity contribution in [2.45, 2.75) is 38.1 Å². The molecule has 1 aliphatic carbocycles. The zero-order chi connectivity index (χ0) is 19.6. The summed E-state index contributed by atoms with van der Waals surface area (Å²) in [5.74, 6) is -2.02. The Balaban J connectivity index is 1.60. The number of amides is 1. The van der Waals surface area contributed by atoms with Crippen LogP contribution in [0.15, 0.2) is 16.5 Å². The van der Waals surface area contributed by atoms with Crippen molar-refractivity contribution in [3.8, 4) is 0 Å². The zero-order valence-electron chi connectivity index (χ0n) is 15.3. The molecule has 2 heterocycles. The number of furan rings is 1. The Morgan fingerprint density at radius 2 is 1.67 bits per heavy atom. The van der Waals surface area contributed by atoms with Crippen LogP contribution in [0.3, 0.4) is 0 Å². The van der Waals surface area contributed by atoms with Crippen molar-refractivity contribution in [3.05, 3.63) is 23.7 Å². The fraction of sp³-hybridized carbons (Fsp3) is 0.647. The molecule has 150 valence electrons. The molecule has 1 aromatic heterocycles. The van der Waals surface area contributed by atoms with Crippen LogP contribution in [-0.2, 0) is 10.2 Å². The molecule has 27 heavy (non-hydrogen) atoms. The SMILES string of the molecule is CN(C1CCCCC1)S(=O)(=O)N1CCN(C(=O)c2ccc(C(=O)O)o2)CC1. The Kier molecular flexibility index (Phi) is 5.87. The van der Waals surface area contributed by atoms with E-state index < -0.39 is 22.1 Å². The molecule has 1 saturated carbocycles. The molecule has 0 radical (unpaired) electrons. The van der Waals surface area contributed by atoms with Crippen molar-refractivity contribution in [1.29, 1.82) is 0 Å². The van der Waals surface area contributed by atoms with Crippen LogP contribution in [0.2, 0.25) is 0 Å². The van der Waals surface area contributed by atoms with Gasteiger partial charge in [-0.2, -0.15) is 17.0 Å². The predicted octanol–water partition coefficient (Wildman–Crippen LogP) is 1.24. The molecule has 9 nitrogen and oxygen atoms in total. The van der Waals surface area contributed by atoms with Crippen molar-refractivity contribution in [1.82, 2.24) is 13.5 Å². The number of carbonyl (C=O) groups is 2. The van der Waals surface area contributed by atoms with E-state index in [1.807, 2.05) is 0 Å². The number of carboxylic acids is 1. The Morgan fingerprint density at radius 3 is 2.22 bits per heavy atom. The summed E-state index contributed by atoms with van der Waals surface area (Å²) >= 11 is 0. The first kappa shape index (κ1) is 19.8. The van der Waals surface area contributed by atoms with Crippen LogP contribution in [0, 0.1) is 0 Å². The van der Waals surface area contributed by atoms with Crippen LogP contribution >= 0.6 is 0 Å². The van der Waals surface area contributed by atoms with Crippen molar-refractivity contribution >= 4 is 22.1 Å². The molecule has 1 aliphatic heterocycles. The van der Waals surface area contributed by atoms with Gasteiger partial charge in [-0.05, 0) is 25.0 Å². The van der Waals surface area contributed by atoms with Gasteiger partial charge < -0.3 is 14.4 Å². The van der Waals surface area contributed by atoms with Crippen molar-refractivity contribution in [3.63, 3.8) is 0 Å². The number of hydrogen-bond acceptors (Lipinski definition) is 5. The summed E-state index contributed by atoms with van der Waals surface area (Å²) in [4.78, 5) is 24.8. The largest absolute Gasteiger partial charge is 0.475 e. The smallest absolute Gasteiger partial charge is 0.371 e. The first-order chi connectivity index (χ1) is 12.8. The summed E-state index contributed by atoms with van der Waals surface area (Å²) in [7, 11) is -1.92. The molecule has 3 rings (SSSR count). The van der Waals surface area contributed by atoms with Gasteiger partial charge in [0.1, 0.15) is 0 Å². The first-order valence-electron chi connectivity index (χ1n) is 9.16.